The maximum absolute atomic E-state index is 11.5. The zero-order valence-corrected chi connectivity index (χ0v) is 11.5. The lowest BCUT2D eigenvalue weighted by Gasteiger charge is -2.13. The van der Waals surface area contributed by atoms with Crippen LogP contribution >= 0.6 is 0 Å². The maximum atomic E-state index is 11.5. The minimum absolute atomic E-state index is 0.0829. The van der Waals surface area contributed by atoms with E-state index < -0.39 is 28.1 Å². The molecule has 0 heterocycles. The molecule has 0 aliphatic carbocycles. The summed E-state index contributed by atoms with van der Waals surface area (Å²) in [6.07, 6.45) is 0.243. The van der Waals surface area contributed by atoms with Gasteiger partial charge < -0.3 is 15.7 Å². The van der Waals surface area contributed by atoms with Crippen LogP contribution in [-0.4, -0.2) is 31.6 Å². The van der Waals surface area contributed by atoms with Gasteiger partial charge in [0.1, 0.15) is 6.04 Å². The summed E-state index contributed by atoms with van der Waals surface area (Å²) in [5.41, 5.74) is 0.315. The SMILES string of the molecule is CC[C@H](NC(=O)Nc1ccc(S(N)(=O)=O)cc1)C(=O)O. The molecular formula is C11H15N3O5S. The van der Waals surface area contributed by atoms with Crippen molar-refractivity contribution in [1.29, 1.82) is 0 Å². The van der Waals surface area contributed by atoms with E-state index in [0.717, 1.165) is 0 Å². The Hall–Kier alpha value is -2.13. The van der Waals surface area contributed by atoms with Crippen LogP contribution in [0.4, 0.5) is 10.5 Å². The molecule has 0 aliphatic heterocycles. The molecule has 1 aromatic carbocycles. The summed E-state index contributed by atoms with van der Waals surface area (Å²) in [5, 5.41) is 18.4. The quantitative estimate of drug-likeness (QED) is 0.620. The van der Waals surface area contributed by atoms with Crippen LogP contribution in [0.15, 0.2) is 29.2 Å². The van der Waals surface area contributed by atoms with E-state index in [1.807, 2.05) is 0 Å². The van der Waals surface area contributed by atoms with Crippen LogP contribution in [0, 0.1) is 0 Å². The fraction of sp³-hybridized carbons (Fsp3) is 0.273. The fourth-order valence-electron chi connectivity index (χ4n) is 1.39. The average molecular weight is 301 g/mol. The van der Waals surface area contributed by atoms with Crippen molar-refractivity contribution in [2.45, 2.75) is 24.3 Å². The highest BCUT2D eigenvalue weighted by Gasteiger charge is 2.17. The Kier molecular flexibility index (Phi) is 5.06. The summed E-state index contributed by atoms with van der Waals surface area (Å²) in [5.74, 6) is -1.13. The lowest BCUT2D eigenvalue weighted by Crippen LogP contribution is -2.42. The Morgan fingerprint density at radius 2 is 1.85 bits per heavy atom. The van der Waals surface area contributed by atoms with Crippen LogP contribution in [0.25, 0.3) is 0 Å². The molecule has 1 aromatic rings. The van der Waals surface area contributed by atoms with Crippen LogP contribution in [0.5, 0.6) is 0 Å². The molecule has 0 spiro atoms. The largest absolute Gasteiger partial charge is 0.480 e. The Bertz CT molecular complexity index is 597. The van der Waals surface area contributed by atoms with E-state index in [1.165, 1.54) is 24.3 Å². The number of carbonyl (C=O) groups excluding carboxylic acids is 1. The highest BCUT2D eigenvalue weighted by Crippen LogP contribution is 2.12. The Balaban J connectivity index is 2.70. The van der Waals surface area contributed by atoms with Gasteiger partial charge in [0, 0.05) is 5.69 Å². The van der Waals surface area contributed by atoms with E-state index in [-0.39, 0.29) is 11.3 Å². The highest BCUT2D eigenvalue weighted by molar-refractivity contribution is 7.89. The summed E-state index contributed by atoms with van der Waals surface area (Å²) in [6, 6.07) is 3.49. The molecule has 0 aliphatic rings. The number of hydrogen-bond donors (Lipinski definition) is 4. The van der Waals surface area contributed by atoms with Crippen molar-refractivity contribution in [3.8, 4) is 0 Å². The number of amides is 2. The third-order valence-electron chi connectivity index (χ3n) is 2.45. The predicted octanol–water partition coefficient (Wildman–Crippen LogP) is 0.319. The number of anilines is 1. The topological polar surface area (TPSA) is 139 Å². The molecule has 9 heteroatoms. The molecule has 20 heavy (non-hydrogen) atoms. The Morgan fingerprint density at radius 3 is 2.25 bits per heavy atom. The summed E-state index contributed by atoms with van der Waals surface area (Å²) < 4.78 is 22.1. The van der Waals surface area contributed by atoms with Crippen molar-refractivity contribution in [2.75, 3.05) is 5.32 Å². The molecule has 2 amide bonds. The van der Waals surface area contributed by atoms with E-state index in [4.69, 9.17) is 10.2 Å². The number of nitrogens with one attached hydrogen (secondary N) is 2. The molecule has 1 atom stereocenters. The van der Waals surface area contributed by atoms with Gasteiger partial charge in [0.25, 0.3) is 0 Å². The van der Waals surface area contributed by atoms with Gasteiger partial charge in [-0.25, -0.2) is 23.1 Å². The number of nitrogens with two attached hydrogens (primary N) is 1. The predicted molar refractivity (Wildman–Crippen MR) is 71.7 cm³/mol. The Morgan fingerprint density at radius 1 is 1.30 bits per heavy atom. The van der Waals surface area contributed by atoms with Crippen LogP contribution in [0.3, 0.4) is 0 Å². The molecule has 110 valence electrons. The number of aliphatic carboxylic acids is 1. The minimum atomic E-state index is -3.79. The lowest BCUT2D eigenvalue weighted by molar-refractivity contribution is -0.139. The molecule has 5 N–H and O–H groups in total. The van der Waals surface area contributed by atoms with Crippen molar-refractivity contribution in [3.63, 3.8) is 0 Å². The zero-order chi connectivity index (χ0) is 15.3. The molecule has 8 nitrogen and oxygen atoms in total. The van der Waals surface area contributed by atoms with Gasteiger partial charge in [-0.3, -0.25) is 0 Å². The second kappa shape index (κ2) is 6.35. The van der Waals surface area contributed by atoms with Crippen LogP contribution in [0.1, 0.15) is 13.3 Å². The number of carboxylic acids is 1. The van der Waals surface area contributed by atoms with E-state index in [9.17, 15) is 18.0 Å². The molecular weight excluding hydrogens is 286 g/mol. The minimum Gasteiger partial charge on any atom is -0.480 e. The highest BCUT2D eigenvalue weighted by atomic mass is 32.2. The first kappa shape index (κ1) is 15.9. The van der Waals surface area contributed by atoms with Gasteiger partial charge in [0.15, 0.2) is 0 Å². The number of urea groups is 1. The number of carboxylic acid groups (broad SMARTS) is 1. The van der Waals surface area contributed by atoms with Crippen LogP contribution < -0.4 is 15.8 Å². The second-order valence-corrected chi connectivity index (χ2v) is 5.53. The van der Waals surface area contributed by atoms with Gasteiger partial charge in [-0.05, 0) is 30.7 Å². The van der Waals surface area contributed by atoms with E-state index >= 15 is 0 Å². The van der Waals surface area contributed by atoms with Crippen molar-refractivity contribution in [3.05, 3.63) is 24.3 Å². The zero-order valence-electron chi connectivity index (χ0n) is 10.7. The first-order chi connectivity index (χ1) is 9.24. The monoisotopic (exact) mass is 301 g/mol. The van der Waals surface area contributed by atoms with Crippen LogP contribution in [0.2, 0.25) is 0 Å². The number of hydrogen-bond acceptors (Lipinski definition) is 4. The average Bonchev–Trinajstić information content (AvgIpc) is 2.35. The first-order valence-electron chi connectivity index (χ1n) is 5.67. The molecule has 0 aromatic heterocycles. The second-order valence-electron chi connectivity index (χ2n) is 3.97. The molecule has 0 radical (unpaired) electrons. The van der Waals surface area contributed by atoms with Gasteiger partial charge in [0.2, 0.25) is 10.0 Å². The van der Waals surface area contributed by atoms with Gasteiger partial charge in [-0.2, -0.15) is 0 Å². The Labute approximate surface area is 116 Å². The maximum Gasteiger partial charge on any atom is 0.326 e. The molecule has 0 saturated carbocycles. The summed E-state index contributed by atoms with van der Waals surface area (Å²) in [7, 11) is -3.79. The van der Waals surface area contributed by atoms with E-state index in [2.05, 4.69) is 10.6 Å². The summed E-state index contributed by atoms with van der Waals surface area (Å²) in [6.45, 7) is 1.62. The summed E-state index contributed by atoms with van der Waals surface area (Å²) >= 11 is 0. The van der Waals surface area contributed by atoms with Crippen LogP contribution in [-0.2, 0) is 14.8 Å². The molecule has 0 unspecified atom stereocenters. The number of benzene rings is 1. The standard InChI is InChI=1S/C11H15N3O5S/c1-2-9(10(15)16)14-11(17)13-7-3-5-8(6-4-7)20(12,18)19/h3-6,9H,2H2,1H3,(H,15,16)(H2,12,18,19)(H2,13,14,17)/t9-/m0/s1. The van der Waals surface area contributed by atoms with Gasteiger partial charge in [-0.15, -0.1) is 0 Å². The summed E-state index contributed by atoms with van der Waals surface area (Å²) in [4.78, 5) is 22.2. The van der Waals surface area contributed by atoms with E-state index in [1.54, 1.807) is 6.92 Å². The number of primary sulfonamides is 1. The van der Waals surface area contributed by atoms with Gasteiger partial charge >= 0.3 is 12.0 Å². The fourth-order valence-corrected chi connectivity index (χ4v) is 1.91. The third-order valence-corrected chi connectivity index (χ3v) is 3.38. The van der Waals surface area contributed by atoms with Crippen molar-refractivity contribution in [1.82, 2.24) is 5.32 Å². The van der Waals surface area contributed by atoms with Crippen molar-refractivity contribution < 1.29 is 23.1 Å². The number of sulfonamides is 1. The smallest absolute Gasteiger partial charge is 0.326 e. The first-order valence-corrected chi connectivity index (χ1v) is 7.22. The molecule has 0 saturated heterocycles. The third kappa shape index (κ3) is 4.52. The van der Waals surface area contributed by atoms with Gasteiger partial charge in [-0.1, -0.05) is 6.92 Å². The van der Waals surface area contributed by atoms with Crippen molar-refractivity contribution >= 4 is 27.7 Å². The molecule has 1 rings (SSSR count). The molecule has 0 fully saturated rings. The number of rotatable bonds is 5. The normalized spacial score (nSPS) is 12.5. The van der Waals surface area contributed by atoms with Crippen molar-refractivity contribution in [2.24, 2.45) is 5.14 Å². The van der Waals surface area contributed by atoms with E-state index in [0.29, 0.717) is 5.69 Å². The number of carbonyl (C=O) groups is 2. The molecule has 0 bridgehead atoms. The lowest BCUT2D eigenvalue weighted by atomic mass is 10.2. The van der Waals surface area contributed by atoms with Gasteiger partial charge in [0.05, 0.1) is 4.90 Å².